The summed E-state index contributed by atoms with van der Waals surface area (Å²) < 4.78 is 7.10. The van der Waals surface area contributed by atoms with Gasteiger partial charge in [0.2, 0.25) is 5.95 Å². The average molecular weight is 436 g/mol. The Morgan fingerprint density at radius 2 is 1.97 bits per heavy atom. The van der Waals surface area contributed by atoms with Crippen LogP contribution in [0, 0.1) is 18.3 Å². The van der Waals surface area contributed by atoms with Crippen molar-refractivity contribution in [2.24, 2.45) is 0 Å². The van der Waals surface area contributed by atoms with Gasteiger partial charge in [0.25, 0.3) is 0 Å². The average Bonchev–Trinajstić information content (AvgIpc) is 3.46. The molecule has 0 aliphatic rings. The predicted molar refractivity (Wildman–Crippen MR) is 124 cm³/mol. The maximum atomic E-state index is 9.34. The van der Waals surface area contributed by atoms with Crippen molar-refractivity contribution in [2.75, 3.05) is 12.8 Å². The standard InChI is InChI=1S/C24H20N8O/c1-14-15(10-25)4-3-5-18(14)21-9-22(29-24(26)28-21)23-13-32(31-30-23)12-16-11-27-20-7-6-17(33-2)8-19(16)20/h3-9,11,13,27H,12H2,1-2H3,(H2,26,28,29). The minimum atomic E-state index is 0.127. The van der Waals surface area contributed by atoms with Gasteiger partial charge in [0, 0.05) is 22.7 Å². The predicted octanol–water partition coefficient (Wildman–Crippen LogP) is 3.70. The Labute approximate surface area is 189 Å². The second-order valence-electron chi connectivity index (χ2n) is 7.61. The summed E-state index contributed by atoms with van der Waals surface area (Å²) in [6.07, 6.45) is 3.78. The minimum Gasteiger partial charge on any atom is -0.497 e. The summed E-state index contributed by atoms with van der Waals surface area (Å²) >= 11 is 0. The van der Waals surface area contributed by atoms with Crippen LogP contribution >= 0.6 is 0 Å². The molecule has 0 saturated heterocycles. The maximum absolute atomic E-state index is 9.34. The molecule has 33 heavy (non-hydrogen) atoms. The van der Waals surface area contributed by atoms with Gasteiger partial charge in [-0.25, -0.2) is 14.6 Å². The lowest BCUT2D eigenvalue weighted by Crippen LogP contribution is -2.00. The first-order chi connectivity index (χ1) is 16.1. The van der Waals surface area contributed by atoms with E-state index >= 15 is 0 Å². The normalized spacial score (nSPS) is 10.9. The summed E-state index contributed by atoms with van der Waals surface area (Å²) in [6.45, 7) is 2.41. The van der Waals surface area contributed by atoms with Crippen LogP contribution in [0.2, 0.25) is 0 Å². The molecule has 0 radical (unpaired) electrons. The van der Waals surface area contributed by atoms with Crippen molar-refractivity contribution in [1.29, 1.82) is 5.26 Å². The van der Waals surface area contributed by atoms with Crippen molar-refractivity contribution in [3.05, 3.63) is 71.5 Å². The molecule has 0 saturated carbocycles. The Morgan fingerprint density at radius 3 is 2.79 bits per heavy atom. The van der Waals surface area contributed by atoms with E-state index in [-0.39, 0.29) is 5.95 Å². The first kappa shape index (κ1) is 20.2. The fraction of sp³-hybridized carbons (Fsp3) is 0.125. The number of hydrogen-bond donors (Lipinski definition) is 2. The number of nitrogen functional groups attached to an aromatic ring is 1. The van der Waals surface area contributed by atoms with Gasteiger partial charge in [-0.1, -0.05) is 17.3 Å². The number of methoxy groups -OCH3 is 1. The monoisotopic (exact) mass is 436 g/mol. The molecule has 3 heterocycles. The topological polar surface area (TPSA) is 131 Å². The lowest BCUT2D eigenvalue weighted by atomic mass is 10.00. The number of hydrogen-bond acceptors (Lipinski definition) is 7. The molecular formula is C24H20N8O. The lowest BCUT2D eigenvalue weighted by Gasteiger charge is -2.08. The van der Waals surface area contributed by atoms with Crippen molar-refractivity contribution >= 4 is 16.9 Å². The van der Waals surface area contributed by atoms with Crippen molar-refractivity contribution < 1.29 is 4.74 Å². The lowest BCUT2D eigenvalue weighted by molar-refractivity contribution is 0.415. The molecule has 0 bridgehead atoms. The van der Waals surface area contributed by atoms with Crippen LogP contribution in [0.25, 0.3) is 33.5 Å². The Hall–Kier alpha value is -4.71. The summed E-state index contributed by atoms with van der Waals surface area (Å²) in [6, 6.07) is 15.4. The number of nitriles is 1. The molecule has 0 atom stereocenters. The van der Waals surface area contributed by atoms with Crippen molar-refractivity contribution in [3.63, 3.8) is 0 Å². The molecule has 3 N–H and O–H groups in total. The highest BCUT2D eigenvalue weighted by atomic mass is 16.5. The van der Waals surface area contributed by atoms with Gasteiger partial charge in [0.1, 0.15) is 11.4 Å². The highest BCUT2D eigenvalue weighted by Crippen LogP contribution is 2.28. The molecule has 2 aromatic carbocycles. The zero-order chi connectivity index (χ0) is 22.9. The Kier molecular flexibility index (Phi) is 4.95. The van der Waals surface area contributed by atoms with Crippen LogP contribution in [0.1, 0.15) is 16.7 Å². The number of nitrogens with two attached hydrogens (primary N) is 1. The highest BCUT2D eigenvalue weighted by Gasteiger charge is 2.14. The van der Waals surface area contributed by atoms with Gasteiger partial charge in [-0.15, -0.1) is 5.10 Å². The second kappa shape index (κ2) is 8.09. The van der Waals surface area contributed by atoms with E-state index in [1.807, 2.05) is 55.7 Å². The molecule has 0 aliphatic carbocycles. The Balaban J connectivity index is 1.48. The quantitative estimate of drug-likeness (QED) is 0.429. The van der Waals surface area contributed by atoms with Crippen LogP contribution in [-0.2, 0) is 6.54 Å². The zero-order valence-electron chi connectivity index (χ0n) is 18.1. The van der Waals surface area contributed by atoms with Crippen LogP contribution in [0.3, 0.4) is 0 Å². The van der Waals surface area contributed by atoms with E-state index in [1.54, 1.807) is 17.9 Å². The van der Waals surface area contributed by atoms with Crippen LogP contribution in [0.4, 0.5) is 5.95 Å². The third kappa shape index (κ3) is 3.74. The molecule has 162 valence electrons. The molecule has 0 amide bonds. The third-order valence-electron chi connectivity index (χ3n) is 5.58. The van der Waals surface area contributed by atoms with E-state index in [0.29, 0.717) is 29.2 Å². The van der Waals surface area contributed by atoms with E-state index in [2.05, 4.69) is 31.3 Å². The molecule has 5 rings (SSSR count). The number of H-pyrrole nitrogens is 1. The Bertz CT molecular complexity index is 1530. The Morgan fingerprint density at radius 1 is 1.12 bits per heavy atom. The largest absolute Gasteiger partial charge is 0.497 e. The molecule has 0 fully saturated rings. The van der Waals surface area contributed by atoms with Gasteiger partial charge >= 0.3 is 0 Å². The van der Waals surface area contributed by atoms with Crippen LogP contribution in [0.5, 0.6) is 5.75 Å². The van der Waals surface area contributed by atoms with E-state index in [4.69, 9.17) is 10.5 Å². The fourth-order valence-electron chi connectivity index (χ4n) is 3.85. The van der Waals surface area contributed by atoms with Crippen LogP contribution < -0.4 is 10.5 Å². The summed E-state index contributed by atoms with van der Waals surface area (Å²) in [7, 11) is 1.65. The number of ether oxygens (including phenoxy) is 1. The first-order valence-electron chi connectivity index (χ1n) is 10.2. The summed E-state index contributed by atoms with van der Waals surface area (Å²) in [5, 5.41) is 19.0. The van der Waals surface area contributed by atoms with E-state index in [1.165, 1.54) is 0 Å². The van der Waals surface area contributed by atoms with Gasteiger partial charge in [-0.2, -0.15) is 5.26 Å². The summed E-state index contributed by atoms with van der Waals surface area (Å²) in [5.41, 5.74) is 12.1. The van der Waals surface area contributed by atoms with Crippen LogP contribution in [-0.4, -0.2) is 37.1 Å². The van der Waals surface area contributed by atoms with Gasteiger partial charge in [-0.3, -0.25) is 0 Å². The minimum absolute atomic E-state index is 0.127. The summed E-state index contributed by atoms with van der Waals surface area (Å²) in [4.78, 5) is 12.0. The fourth-order valence-corrected chi connectivity index (χ4v) is 3.85. The van der Waals surface area contributed by atoms with E-state index < -0.39 is 0 Å². The highest BCUT2D eigenvalue weighted by molar-refractivity contribution is 5.84. The SMILES string of the molecule is COc1ccc2[nH]cc(Cn3cc(-c4cc(-c5cccc(C#N)c5C)nc(N)n4)nn3)c2c1. The van der Waals surface area contributed by atoms with Crippen LogP contribution in [0.15, 0.2) is 54.9 Å². The smallest absolute Gasteiger partial charge is 0.221 e. The van der Waals surface area contributed by atoms with Gasteiger partial charge < -0.3 is 15.5 Å². The molecule has 0 spiro atoms. The van der Waals surface area contributed by atoms with Gasteiger partial charge in [-0.05, 0) is 48.4 Å². The van der Waals surface area contributed by atoms with Gasteiger partial charge in [0.15, 0.2) is 0 Å². The number of anilines is 1. The molecule has 0 unspecified atom stereocenters. The number of fused-ring (bicyclic) bond motifs is 1. The number of benzene rings is 2. The maximum Gasteiger partial charge on any atom is 0.221 e. The van der Waals surface area contributed by atoms with Gasteiger partial charge in [0.05, 0.1) is 42.9 Å². The molecule has 9 heteroatoms. The molecule has 3 aromatic heterocycles. The molecule has 9 nitrogen and oxygen atoms in total. The number of nitrogens with one attached hydrogen (secondary N) is 1. The second-order valence-corrected chi connectivity index (χ2v) is 7.61. The summed E-state index contributed by atoms with van der Waals surface area (Å²) in [5.74, 6) is 0.921. The van der Waals surface area contributed by atoms with Crippen molar-refractivity contribution in [2.45, 2.75) is 13.5 Å². The number of aromatic amines is 1. The van der Waals surface area contributed by atoms with E-state index in [0.717, 1.165) is 33.3 Å². The van der Waals surface area contributed by atoms with Crippen molar-refractivity contribution in [1.82, 2.24) is 29.9 Å². The number of nitrogens with zero attached hydrogens (tertiary/aromatic N) is 6. The molecule has 5 aromatic rings. The third-order valence-corrected chi connectivity index (χ3v) is 5.58. The molecule has 0 aliphatic heterocycles. The first-order valence-corrected chi connectivity index (χ1v) is 10.2. The number of rotatable bonds is 5. The molecular weight excluding hydrogens is 416 g/mol. The zero-order valence-corrected chi connectivity index (χ0v) is 18.1. The number of aromatic nitrogens is 6. The van der Waals surface area contributed by atoms with Crippen molar-refractivity contribution in [3.8, 4) is 34.5 Å². The van der Waals surface area contributed by atoms with E-state index in [9.17, 15) is 5.26 Å².